The van der Waals surface area contributed by atoms with E-state index in [-0.39, 0.29) is 24.3 Å². The first-order valence-electron chi connectivity index (χ1n) is 9.71. The Morgan fingerprint density at radius 2 is 1.00 bits per heavy atom. The van der Waals surface area contributed by atoms with Gasteiger partial charge in [0.1, 0.15) is 6.10 Å². The summed E-state index contributed by atoms with van der Waals surface area (Å²) in [6, 6.07) is 29.7. The van der Waals surface area contributed by atoms with Crippen LogP contribution in [0.3, 0.4) is 0 Å². The molecule has 0 spiro atoms. The van der Waals surface area contributed by atoms with Gasteiger partial charge in [0, 0.05) is 0 Å². The quantitative estimate of drug-likeness (QED) is 0.480. The molecule has 3 aromatic rings. The average molecular weight is 373 g/mol. The van der Waals surface area contributed by atoms with E-state index in [2.05, 4.69) is 0 Å². The SMILES string of the molecule is CC(OC(=O)N(C(C)c1ccccc1)C(C)c1ccccc1)c1ccccc1. The Morgan fingerprint density at radius 1 is 0.643 bits per heavy atom. The maximum Gasteiger partial charge on any atom is 0.411 e. The minimum absolute atomic E-state index is 0.119. The second kappa shape index (κ2) is 9.23. The molecule has 0 aliphatic rings. The van der Waals surface area contributed by atoms with Crippen LogP contribution in [0.15, 0.2) is 91.0 Å². The van der Waals surface area contributed by atoms with Gasteiger partial charge < -0.3 is 4.74 Å². The summed E-state index contributed by atoms with van der Waals surface area (Å²) in [6.07, 6.45) is -0.633. The predicted octanol–water partition coefficient (Wildman–Crippen LogP) is 6.71. The van der Waals surface area contributed by atoms with E-state index in [0.29, 0.717) is 0 Å². The molecule has 0 aromatic heterocycles. The highest BCUT2D eigenvalue weighted by Crippen LogP contribution is 2.32. The molecule has 0 N–H and O–H groups in total. The van der Waals surface area contributed by atoms with Gasteiger partial charge in [0.2, 0.25) is 0 Å². The van der Waals surface area contributed by atoms with E-state index in [1.165, 1.54) is 0 Å². The highest BCUT2D eigenvalue weighted by atomic mass is 16.6. The van der Waals surface area contributed by atoms with Crippen LogP contribution in [0.5, 0.6) is 0 Å². The zero-order valence-electron chi connectivity index (χ0n) is 16.7. The lowest BCUT2D eigenvalue weighted by molar-refractivity contribution is 0.0451. The molecule has 0 aliphatic carbocycles. The molecule has 3 unspecified atom stereocenters. The average Bonchev–Trinajstić information content (AvgIpc) is 2.75. The maximum atomic E-state index is 13.3. The van der Waals surface area contributed by atoms with Gasteiger partial charge in [0.05, 0.1) is 12.1 Å². The third-order valence-corrected chi connectivity index (χ3v) is 5.16. The number of carbonyl (C=O) groups is 1. The molecule has 3 rings (SSSR count). The van der Waals surface area contributed by atoms with Gasteiger partial charge in [-0.3, -0.25) is 4.90 Å². The molecule has 3 aromatic carbocycles. The van der Waals surface area contributed by atoms with Crippen molar-refractivity contribution in [3.8, 4) is 0 Å². The molecular formula is C25H27NO2. The van der Waals surface area contributed by atoms with E-state index >= 15 is 0 Å². The molecule has 0 heterocycles. The largest absolute Gasteiger partial charge is 0.441 e. The Hall–Kier alpha value is -3.07. The van der Waals surface area contributed by atoms with Gasteiger partial charge in [-0.05, 0) is 37.5 Å². The van der Waals surface area contributed by atoms with Crippen LogP contribution in [0.25, 0.3) is 0 Å². The van der Waals surface area contributed by atoms with Crippen LogP contribution in [0.1, 0.15) is 55.6 Å². The van der Waals surface area contributed by atoms with Gasteiger partial charge in [0.25, 0.3) is 0 Å². The highest BCUT2D eigenvalue weighted by molar-refractivity contribution is 5.69. The van der Waals surface area contributed by atoms with E-state index in [0.717, 1.165) is 16.7 Å². The summed E-state index contributed by atoms with van der Waals surface area (Å²) in [5.41, 5.74) is 3.14. The fourth-order valence-electron chi connectivity index (χ4n) is 3.44. The first kappa shape index (κ1) is 19.7. The number of nitrogens with zero attached hydrogens (tertiary/aromatic N) is 1. The van der Waals surface area contributed by atoms with E-state index in [9.17, 15) is 4.79 Å². The third-order valence-electron chi connectivity index (χ3n) is 5.16. The number of rotatable bonds is 6. The summed E-state index contributed by atoms with van der Waals surface area (Å²) in [5.74, 6) is 0. The van der Waals surface area contributed by atoms with Gasteiger partial charge in [-0.15, -0.1) is 0 Å². The number of benzene rings is 3. The Bertz CT molecular complexity index is 819. The van der Waals surface area contributed by atoms with Crippen molar-refractivity contribution < 1.29 is 9.53 Å². The summed E-state index contributed by atoms with van der Waals surface area (Å²) in [6.45, 7) is 6.00. The van der Waals surface area contributed by atoms with Gasteiger partial charge >= 0.3 is 6.09 Å². The normalized spacial score (nSPS) is 14.0. The van der Waals surface area contributed by atoms with E-state index in [4.69, 9.17) is 4.74 Å². The molecule has 3 atom stereocenters. The molecule has 0 fully saturated rings. The van der Waals surface area contributed by atoms with Gasteiger partial charge in [-0.1, -0.05) is 91.0 Å². The molecule has 0 saturated carbocycles. The molecular weight excluding hydrogens is 346 g/mol. The maximum absolute atomic E-state index is 13.3. The van der Waals surface area contributed by atoms with Crippen LogP contribution < -0.4 is 0 Å². The second-order valence-electron chi connectivity index (χ2n) is 7.02. The summed E-state index contributed by atoms with van der Waals surface area (Å²) in [5, 5.41) is 0. The lowest BCUT2D eigenvalue weighted by Crippen LogP contribution is -2.36. The number of hydrogen-bond acceptors (Lipinski definition) is 2. The van der Waals surface area contributed by atoms with Crippen molar-refractivity contribution in [2.45, 2.75) is 39.0 Å². The second-order valence-corrected chi connectivity index (χ2v) is 7.02. The zero-order valence-corrected chi connectivity index (χ0v) is 16.7. The van der Waals surface area contributed by atoms with Gasteiger partial charge in [0.15, 0.2) is 0 Å². The van der Waals surface area contributed by atoms with Gasteiger partial charge in [-0.2, -0.15) is 0 Å². The van der Waals surface area contributed by atoms with Crippen LogP contribution >= 0.6 is 0 Å². The number of hydrogen-bond donors (Lipinski definition) is 0. The molecule has 0 saturated heterocycles. The Kier molecular flexibility index (Phi) is 6.49. The van der Waals surface area contributed by atoms with Crippen molar-refractivity contribution in [2.24, 2.45) is 0 Å². The zero-order chi connectivity index (χ0) is 19.9. The number of carbonyl (C=O) groups excluding carboxylic acids is 1. The molecule has 3 nitrogen and oxygen atoms in total. The van der Waals surface area contributed by atoms with Crippen LogP contribution in [0.2, 0.25) is 0 Å². The molecule has 3 heteroatoms. The molecule has 0 aliphatic heterocycles. The Morgan fingerprint density at radius 3 is 1.39 bits per heavy atom. The molecule has 144 valence electrons. The van der Waals surface area contributed by atoms with Crippen LogP contribution in [-0.2, 0) is 4.74 Å². The number of amides is 1. The van der Waals surface area contributed by atoms with Crippen molar-refractivity contribution in [1.29, 1.82) is 0 Å². The fourth-order valence-corrected chi connectivity index (χ4v) is 3.44. The van der Waals surface area contributed by atoms with E-state index in [1.54, 1.807) is 0 Å². The molecule has 1 amide bonds. The molecule has 0 bridgehead atoms. The third kappa shape index (κ3) is 4.61. The van der Waals surface area contributed by atoms with Crippen molar-refractivity contribution in [1.82, 2.24) is 4.90 Å². The highest BCUT2D eigenvalue weighted by Gasteiger charge is 2.30. The Balaban J connectivity index is 1.88. The summed E-state index contributed by atoms with van der Waals surface area (Å²) >= 11 is 0. The van der Waals surface area contributed by atoms with Crippen molar-refractivity contribution in [3.05, 3.63) is 108 Å². The van der Waals surface area contributed by atoms with Crippen LogP contribution in [-0.4, -0.2) is 11.0 Å². The monoisotopic (exact) mass is 373 g/mol. The van der Waals surface area contributed by atoms with Crippen LogP contribution in [0, 0.1) is 0 Å². The minimum atomic E-state index is -0.317. The smallest absolute Gasteiger partial charge is 0.411 e. The lowest BCUT2D eigenvalue weighted by atomic mass is 10.0. The topological polar surface area (TPSA) is 29.5 Å². The van der Waals surface area contributed by atoms with E-state index < -0.39 is 0 Å². The predicted molar refractivity (Wildman–Crippen MR) is 113 cm³/mol. The van der Waals surface area contributed by atoms with Crippen molar-refractivity contribution >= 4 is 6.09 Å². The van der Waals surface area contributed by atoms with Crippen molar-refractivity contribution in [2.75, 3.05) is 0 Å². The van der Waals surface area contributed by atoms with E-state index in [1.807, 2.05) is 117 Å². The molecule has 0 radical (unpaired) electrons. The van der Waals surface area contributed by atoms with Crippen LogP contribution in [0.4, 0.5) is 4.79 Å². The van der Waals surface area contributed by atoms with Gasteiger partial charge in [-0.25, -0.2) is 4.79 Å². The first-order valence-corrected chi connectivity index (χ1v) is 9.71. The fraction of sp³-hybridized carbons (Fsp3) is 0.240. The Labute approximate surface area is 167 Å². The lowest BCUT2D eigenvalue weighted by Gasteiger charge is -2.35. The standard InChI is InChI=1S/C25H27NO2/c1-19(22-13-7-4-8-14-22)26(20(2)23-15-9-5-10-16-23)25(27)28-21(3)24-17-11-6-12-18-24/h4-21H,1-3H3. The summed E-state index contributed by atoms with van der Waals surface area (Å²) < 4.78 is 5.87. The minimum Gasteiger partial charge on any atom is -0.441 e. The number of ether oxygens (including phenoxy) is 1. The first-order chi connectivity index (χ1) is 13.6. The van der Waals surface area contributed by atoms with Crippen molar-refractivity contribution in [3.63, 3.8) is 0 Å². The summed E-state index contributed by atoms with van der Waals surface area (Å²) in [4.78, 5) is 15.1. The molecule has 28 heavy (non-hydrogen) atoms. The summed E-state index contributed by atoms with van der Waals surface area (Å²) in [7, 11) is 0.